The molecule has 1 aromatic heterocycles. The molecule has 0 aliphatic carbocycles. The molecule has 1 N–H and O–H groups in total. The highest BCUT2D eigenvalue weighted by Crippen LogP contribution is 2.22. The number of nitrogens with zero attached hydrogens (tertiary/aromatic N) is 1. The van der Waals surface area contributed by atoms with Crippen molar-refractivity contribution in [2.45, 2.75) is 47.1 Å². The largest absolute Gasteiger partial charge is 0.489 e. The maximum absolute atomic E-state index is 12.7. The van der Waals surface area contributed by atoms with Crippen molar-refractivity contribution in [1.82, 2.24) is 5.16 Å². The molecule has 1 heterocycles. The van der Waals surface area contributed by atoms with Gasteiger partial charge in [-0.1, -0.05) is 37.2 Å². The molecule has 146 valence electrons. The van der Waals surface area contributed by atoms with Gasteiger partial charge in [-0.25, -0.2) is 0 Å². The monoisotopic (exact) mass is 378 g/mol. The maximum atomic E-state index is 12.7. The first kappa shape index (κ1) is 19.7. The number of ether oxygens (including phenoxy) is 1. The summed E-state index contributed by atoms with van der Waals surface area (Å²) in [5.41, 5.74) is 5.19. The van der Waals surface area contributed by atoms with E-state index in [2.05, 4.69) is 31.2 Å². The molecule has 0 radical (unpaired) electrons. The molecule has 3 rings (SSSR count). The van der Waals surface area contributed by atoms with Crippen molar-refractivity contribution < 1.29 is 14.1 Å². The number of carbonyl (C=O) groups is 1. The molecule has 0 fully saturated rings. The summed E-state index contributed by atoms with van der Waals surface area (Å²) in [6.07, 6.45) is 0. The minimum absolute atomic E-state index is 0.215. The summed E-state index contributed by atoms with van der Waals surface area (Å²) >= 11 is 0. The van der Waals surface area contributed by atoms with Crippen LogP contribution in [-0.2, 0) is 6.61 Å². The van der Waals surface area contributed by atoms with Crippen molar-refractivity contribution in [1.29, 1.82) is 0 Å². The second-order valence-corrected chi connectivity index (χ2v) is 7.33. The van der Waals surface area contributed by atoms with Gasteiger partial charge < -0.3 is 14.6 Å². The summed E-state index contributed by atoms with van der Waals surface area (Å²) in [6, 6.07) is 13.7. The Labute approximate surface area is 165 Å². The highest BCUT2D eigenvalue weighted by atomic mass is 16.5. The second kappa shape index (κ2) is 8.30. The first-order valence-electron chi connectivity index (χ1n) is 9.41. The normalized spacial score (nSPS) is 10.9. The molecule has 3 aromatic rings. The number of carbonyl (C=O) groups excluding carboxylic acids is 1. The smallest absolute Gasteiger partial charge is 0.278 e. The average Bonchev–Trinajstić information content (AvgIpc) is 3.04. The Kier molecular flexibility index (Phi) is 5.83. The third-order valence-electron chi connectivity index (χ3n) is 4.90. The molecule has 28 heavy (non-hydrogen) atoms. The van der Waals surface area contributed by atoms with Crippen molar-refractivity contribution in [3.63, 3.8) is 0 Å². The fraction of sp³-hybridized carbons (Fsp3) is 0.304. The van der Waals surface area contributed by atoms with Crippen molar-refractivity contribution >= 4 is 11.6 Å². The number of hydrogen-bond acceptors (Lipinski definition) is 4. The number of rotatable bonds is 6. The van der Waals surface area contributed by atoms with Gasteiger partial charge in [0.05, 0.1) is 5.56 Å². The van der Waals surface area contributed by atoms with Gasteiger partial charge >= 0.3 is 0 Å². The number of aryl methyl sites for hydroxylation is 3. The molecule has 0 aliphatic heterocycles. The lowest BCUT2D eigenvalue weighted by molar-refractivity contribution is 0.101. The fourth-order valence-corrected chi connectivity index (χ4v) is 2.84. The summed E-state index contributed by atoms with van der Waals surface area (Å²) in [7, 11) is 0. The lowest BCUT2D eigenvalue weighted by atomic mass is 10.0. The third-order valence-corrected chi connectivity index (χ3v) is 4.90. The average molecular weight is 378 g/mol. The van der Waals surface area contributed by atoms with E-state index in [1.54, 1.807) is 6.92 Å². The van der Waals surface area contributed by atoms with Crippen LogP contribution in [0.2, 0.25) is 0 Å². The molecule has 0 saturated heterocycles. The van der Waals surface area contributed by atoms with Gasteiger partial charge in [0.15, 0.2) is 5.69 Å². The van der Waals surface area contributed by atoms with Crippen molar-refractivity contribution in [3.05, 3.63) is 76.2 Å². The zero-order chi connectivity index (χ0) is 20.3. The summed E-state index contributed by atoms with van der Waals surface area (Å²) in [5, 5.41) is 6.81. The van der Waals surface area contributed by atoms with Crippen LogP contribution in [0.5, 0.6) is 5.75 Å². The van der Waals surface area contributed by atoms with Crippen LogP contribution in [0.15, 0.2) is 47.0 Å². The molecule has 5 nitrogen and oxygen atoms in total. The van der Waals surface area contributed by atoms with E-state index >= 15 is 0 Å². The van der Waals surface area contributed by atoms with Crippen LogP contribution in [0.3, 0.4) is 0 Å². The Morgan fingerprint density at radius 1 is 1.07 bits per heavy atom. The van der Waals surface area contributed by atoms with E-state index in [-0.39, 0.29) is 18.2 Å². The summed E-state index contributed by atoms with van der Waals surface area (Å²) in [5.74, 6) is 1.45. The van der Waals surface area contributed by atoms with Crippen molar-refractivity contribution in [2.24, 2.45) is 0 Å². The molecular formula is C23H26N2O3. The van der Waals surface area contributed by atoms with Crippen LogP contribution >= 0.6 is 0 Å². The molecule has 0 atom stereocenters. The molecule has 0 saturated carbocycles. The minimum Gasteiger partial charge on any atom is -0.489 e. The van der Waals surface area contributed by atoms with Gasteiger partial charge in [-0.3, -0.25) is 4.79 Å². The van der Waals surface area contributed by atoms with Crippen LogP contribution in [0.25, 0.3) is 0 Å². The number of anilines is 1. The predicted molar refractivity (Wildman–Crippen MR) is 110 cm³/mol. The Balaban J connectivity index is 1.72. The first-order chi connectivity index (χ1) is 13.3. The Morgan fingerprint density at radius 2 is 1.79 bits per heavy atom. The van der Waals surface area contributed by atoms with Gasteiger partial charge in [-0.2, -0.15) is 0 Å². The van der Waals surface area contributed by atoms with E-state index in [0.717, 1.165) is 17.0 Å². The van der Waals surface area contributed by atoms with Crippen LogP contribution in [0, 0.1) is 20.8 Å². The molecule has 5 heteroatoms. The highest BCUT2D eigenvalue weighted by molar-refractivity contribution is 6.03. The van der Waals surface area contributed by atoms with Gasteiger partial charge in [0, 0.05) is 5.69 Å². The first-order valence-corrected chi connectivity index (χ1v) is 9.41. The Bertz CT molecular complexity index is 972. The molecule has 0 unspecified atom stereocenters. The quantitative estimate of drug-likeness (QED) is 0.610. The zero-order valence-electron chi connectivity index (χ0n) is 17.0. The predicted octanol–water partition coefficient (Wildman–Crippen LogP) is 5.55. The lowest BCUT2D eigenvalue weighted by Crippen LogP contribution is -2.15. The van der Waals surface area contributed by atoms with E-state index in [9.17, 15) is 4.79 Å². The van der Waals surface area contributed by atoms with Gasteiger partial charge in [0.25, 0.3) is 5.91 Å². The molecule has 2 aromatic carbocycles. The topological polar surface area (TPSA) is 64.4 Å². The summed E-state index contributed by atoms with van der Waals surface area (Å²) < 4.78 is 11.1. The van der Waals surface area contributed by atoms with E-state index < -0.39 is 0 Å². The fourth-order valence-electron chi connectivity index (χ4n) is 2.84. The number of benzene rings is 2. The lowest BCUT2D eigenvalue weighted by Gasteiger charge is -2.10. The highest BCUT2D eigenvalue weighted by Gasteiger charge is 2.20. The maximum Gasteiger partial charge on any atom is 0.278 e. The van der Waals surface area contributed by atoms with Crippen LogP contribution in [0.4, 0.5) is 5.69 Å². The van der Waals surface area contributed by atoms with E-state index in [0.29, 0.717) is 17.2 Å². The molecule has 0 aliphatic rings. The van der Waals surface area contributed by atoms with Gasteiger partial charge in [0.1, 0.15) is 18.1 Å². The molecular weight excluding hydrogens is 352 g/mol. The van der Waals surface area contributed by atoms with Gasteiger partial charge in [-0.15, -0.1) is 0 Å². The SMILES string of the molecule is Cc1ccc(OCc2c(C(=O)Nc3ccc(C(C)C)cc3)noc2C)cc1C. The molecule has 0 bridgehead atoms. The number of hydrogen-bond donors (Lipinski definition) is 1. The standard InChI is InChI=1S/C23H26N2O3/c1-14(2)18-7-9-19(10-8-18)24-23(26)22-21(17(5)28-25-22)13-27-20-11-6-15(3)16(4)12-20/h6-12,14H,13H2,1-5H3,(H,24,26). The van der Waals surface area contributed by atoms with Crippen LogP contribution in [-0.4, -0.2) is 11.1 Å². The Morgan fingerprint density at radius 3 is 2.43 bits per heavy atom. The second-order valence-electron chi connectivity index (χ2n) is 7.33. The van der Waals surface area contributed by atoms with Gasteiger partial charge in [0.2, 0.25) is 0 Å². The third kappa shape index (κ3) is 4.42. The summed E-state index contributed by atoms with van der Waals surface area (Å²) in [6.45, 7) is 10.4. The minimum atomic E-state index is -0.312. The molecule has 1 amide bonds. The summed E-state index contributed by atoms with van der Waals surface area (Å²) in [4.78, 5) is 12.7. The number of amides is 1. The zero-order valence-corrected chi connectivity index (χ0v) is 17.0. The number of nitrogens with one attached hydrogen (secondary N) is 1. The van der Waals surface area contributed by atoms with E-state index in [1.807, 2.05) is 49.4 Å². The Hall–Kier alpha value is -3.08. The van der Waals surface area contributed by atoms with E-state index in [4.69, 9.17) is 9.26 Å². The van der Waals surface area contributed by atoms with Crippen LogP contribution in [0.1, 0.15) is 58.3 Å². The van der Waals surface area contributed by atoms with Crippen molar-refractivity contribution in [3.8, 4) is 5.75 Å². The van der Waals surface area contributed by atoms with Gasteiger partial charge in [-0.05, 0) is 67.6 Å². The van der Waals surface area contributed by atoms with Crippen LogP contribution < -0.4 is 10.1 Å². The van der Waals surface area contributed by atoms with Crippen molar-refractivity contribution in [2.75, 3.05) is 5.32 Å². The number of aromatic nitrogens is 1. The molecule has 0 spiro atoms. The van der Waals surface area contributed by atoms with E-state index in [1.165, 1.54) is 11.1 Å².